The molecule has 1 atom stereocenters. The number of hydrogen-bond donors (Lipinski definition) is 3. The summed E-state index contributed by atoms with van der Waals surface area (Å²) in [5.74, 6) is -0.193. The van der Waals surface area contributed by atoms with Gasteiger partial charge < -0.3 is 16.4 Å². The fraction of sp³-hybridized carbons (Fsp3) is 0.222. The van der Waals surface area contributed by atoms with Gasteiger partial charge in [-0.3, -0.25) is 4.79 Å². The molecule has 126 valence electrons. The van der Waals surface area contributed by atoms with E-state index in [0.29, 0.717) is 0 Å². The standard InChI is InChI=1S/C18H20BrN3O2/c1-11-7-12(2)9-15(8-11)21-17(23)10-16(22-18(20)24)13-3-5-14(19)6-4-13/h3-9,16H,10H2,1-2H3,(H,21,23)(H3,20,22,24)/t16-/m1/s1. The maximum absolute atomic E-state index is 12.4. The quantitative estimate of drug-likeness (QED) is 0.726. The molecular formula is C18H20BrN3O2. The average Bonchev–Trinajstić information content (AvgIpc) is 2.45. The highest BCUT2D eigenvalue weighted by Crippen LogP contribution is 2.21. The van der Waals surface area contributed by atoms with Crippen LogP contribution in [0.2, 0.25) is 0 Å². The molecule has 4 N–H and O–H groups in total. The van der Waals surface area contributed by atoms with Gasteiger partial charge in [0.2, 0.25) is 5.91 Å². The molecule has 2 aromatic carbocycles. The number of nitrogens with one attached hydrogen (secondary N) is 2. The van der Waals surface area contributed by atoms with Gasteiger partial charge in [-0.15, -0.1) is 0 Å². The Bertz CT molecular complexity index is 724. The van der Waals surface area contributed by atoms with Crippen molar-refractivity contribution in [1.29, 1.82) is 0 Å². The number of hydrogen-bond acceptors (Lipinski definition) is 2. The number of nitrogens with two attached hydrogens (primary N) is 1. The van der Waals surface area contributed by atoms with Crippen LogP contribution in [0.5, 0.6) is 0 Å². The number of aryl methyl sites for hydroxylation is 2. The molecule has 0 aliphatic heterocycles. The van der Waals surface area contributed by atoms with Crippen molar-refractivity contribution in [2.45, 2.75) is 26.3 Å². The van der Waals surface area contributed by atoms with Crippen molar-refractivity contribution in [2.24, 2.45) is 5.73 Å². The maximum atomic E-state index is 12.4. The van der Waals surface area contributed by atoms with Crippen LogP contribution in [0.25, 0.3) is 0 Å². The lowest BCUT2D eigenvalue weighted by Gasteiger charge is -2.18. The van der Waals surface area contributed by atoms with Gasteiger partial charge in [0, 0.05) is 10.2 Å². The first-order valence-electron chi connectivity index (χ1n) is 7.53. The Labute approximate surface area is 149 Å². The minimum absolute atomic E-state index is 0.0948. The molecule has 0 unspecified atom stereocenters. The van der Waals surface area contributed by atoms with Gasteiger partial charge >= 0.3 is 6.03 Å². The van der Waals surface area contributed by atoms with Crippen LogP contribution in [0.3, 0.4) is 0 Å². The van der Waals surface area contributed by atoms with Crippen LogP contribution < -0.4 is 16.4 Å². The topological polar surface area (TPSA) is 84.2 Å². The third-order valence-electron chi connectivity index (χ3n) is 3.48. The van der Waals surface area contributed by atoms with E-state index in [-0.39, 0.29) is 12.3 Å². The summed E-state index contributed by atoms with van der Waals surface area (Å²) in [5, 5.41) is 5.49. The van der Waals surface area contributed by atoms with E-state index >= 15 is 0 Å². The minimum Gasteiger partial charge on any atom is -0.352 e. The Balaban J connectivity index is 2.11. The van der Waals surface area contributed by atoms with E-state index in [1.54, 1.807) is 0 Å². The van der Waals surface area contributed by atoms with Gasteiger partial charge in [-0.05, 0) is 54.8 Å². The highest BCUT2D eigenvalue weighted by Gasteiger charge is 2.17. The first-order valence-corrected chi connectivity index (χ1v) is 8.32. The second kappa shape index (κ2) is 7.97. The number of halogens is 1. The first kappa shape index (κ1) is 18.0. The van der Waals surface area contributed by atoms with Gasteiger partial charge in [0.1, 0.15) is 0 Å². The van der Waals surface area contributed by atoms with E-state index in [4.69, 9.17) is 5.73 Å². The third kappa shape index (κ3) is 5.38. The van der Waals surface area contributed by atoms with E-state index < -0.39 is 12.1 Å². The van der Waals surface area contributed by atoms with Gasteiger partial charge in [-0.25, -0.2) is 4.79 Å². The molecule has 0 aromatic heterocycles. The van der Waals surface area contributed by atoms with E-state index in [1.807, 2.05) is 56.3 Å². The summed E-state index contributed by atoms with van der Waals surface area (Å²) in [5.41, 5.74) is 8.94. The SMILES string of the molecule is Cc1cc(C)cc(NC(=O)C[C@@H](NC(N)=O)c2ccc(Br)cc2)c1. The summed E-state index contributed by atoms with van der Waals surface area (Å²) in [6, 6.07) is 12.1. The van der Waals surface area contributed by atoms with Crippen LogP contribution >= 0.6 is 15.9 Å². The van der Waals surface area contributed by atoms with Gasteiger partial charge in [0.05, 0.1) is 12.5 Å². The first-order chi connectivity index (χ1) is 11.3. The van der Waals surface area contributed by atoms with Crippen molar-refractivity contribution in [1.82, 2.24) is 5.32 Å². The molecule has 0 fully saturated rings. The van der Waals surface area contributed by atoms with E-state index in [9.17, 15) is 9.59 Å². The largest absolute Gasteiger partial charge is 0.352 e. The van der Waals surface area contributed by atoms with Crippen LogP contribution in [0.15, 0.2) is 46.9 Å². The Morgan fingerprint density at radius 3 is 2.21 bits per heavy atom. The van der Waals surface area contributed by atoms with Crippen molar-refractivity contribution in [3.05, 3.63) is 63.6 Å². The number of rotatable bonds is 5. The second-order valence-corrected chi connectivity index (χ2v) is 6.66. The molecule has 5 nitrogen and oxygen atoms in total. The molecule has 0 aliphatic carbocycles. The summed E-state index contributed by atoms with van der Waals surface area (Å²) in [6.07, 6.45) is 0.0948. The van der Waals surface area contributed by atoms with Crippen LogP contribution in [0.4, 0.5) is 10.5 Å². The number of carbonyl (C=O) groups is 2. The predicted molar refractivity (Wildman–Crippen MR) is 98.8 cm³/mol. The predicted octanol–water partition coefficient (Wildman–Crippen LogP) is 3.80. The van der Waals surface area contributed by atoms with Crippen molar-refractivity contribution < 1.29 is 9.59 Å². The molecule has 0 radical (unpaired) electrons. The lowest BCUT2D eigenvalue weighted by Crippen LogP contribution is -2.35. The normalized spacial score (nSPS) is 11.6. The molecule has 0 bridgehead atoms. The number of anilines is 1. The summed E-state index contributed by atoms with van der Waals surface area (Å²) in [7, 11) is 0. The van der Waals surface area contributed by atoms with Crippen LogP contribution in [-0.4, -0.2) is 11.9 Å². The van der Waals surface area contributed by atoms with Crippen molar-refractivity contribution in [3.63, 3.8) is 0 Å². The maximum Gasteiger partial charge on any atom is 0.312 e. The van der Waals surface area contributed by atoms with Gasteiger partial charge in [0.25, 0.3) is 0 Å². The summed E-state index contributed by atoms with van der Waals surface area (Å²) >= 11 is 3.36. The van der Waals surface area contributed by atoms with Crippen molar-refractivity contribution in [2.75, 3.05) is 5.32 Å². The molecule has 6 heteroatoms. The van der Waals surface area contributed by atoms with E-state index in [1.165, 1.54) is 0 Å². The zero-order valence-electron chi connectivity index (χ0n) is 13.6. The molecule has 0 aliphatic rings. The van der Waals surface area contributed by atoms with Crippen molar-refractivity contribution in [3.8, 4) is 0 Å². The lowest BCUT2D eigenvalue weighted by atomic mass is 10.0. The summed E-state index contributed by atoms with van der Waals surface area (Å²) in [6.45, 7) is 3.95. The Morgan fingerprint density at radius 2 is 1.67 bits per heavy atom. The van der Waals surface area contributed by atoms with E-state index in [2.05, 4.69) is 26.6 Å². The Morgan fingerprint density at radius 1 is 1.08 bits per heavy atom. The average molecular weight is 390 g/mol. The van der Waals surface area contributed by atoms with Gasteiger partial charge in [-0.1, -0.05) is 34.1 Å². The summed E-state index contributed by atoms with van der Waals surface area (Å²) in [4.78, 5) is 23.6. The van der Waals surface area contributed by atoms with Crippen LogP contribution in [0, 0.1) is 13.8 Å². The third-order valence-corrected chi connectivity index (χ3v) is 4.01. The number of urea groups is 1. The highest BCUT2D eigenvalue weighted by molar-refractivity contribution is 9.10. The molecule has 0 heterocycles. The molecule has 24 heavy (non-hydrogen) atoms. The molecule has 0 saturated carbocycles. The number of benzene rings is 2. The zero-order valence-corrected chi connectivity index (χ0v) is 15.2. The lowest BCUT2D eigenvalue weighted by molar-refractivity contribution is -0.116. The molecule has 2 aromatic rings. The summed E-state index contributed by atoms with van der Waals surface area (Å²) < 4.78 is 0.920. The molecule has 3 amide bonds. The van der Waals surface area contributed by atoms with Crippen molar-refractivity contribution >= 4 is 33.6 Å². The highest BCUT2D eigenvalue weighted by atomic mass is 79.9. The van der Waals surface area contributed by atoms with E-state index in [0.717, 1.165) is 26.9 Å². The fourth-order valence-corrected chi connectivity index (χ4v) is 2.83. The molecular weight excluding hydrogens is 370 g/mol. The zero-order chi connectivity index (χ0) is 17.7. The number of amides is 3. The number of primary amides is 1. The fourth-order valence-electron chi connectivity index (χ4n) is 2.56. The molecule has 0 spiro atoms. The minimum atomic E-state index is -0.665. The second-order valence-electron chi connectivity index (χ2n) is 5.74. The molecule has 2 rings (SSSR count). The Kier molecular flexibility index (Phi) is 5.98. The van der Waals surface area contributed by atoms with Crippen LogP contribution in [0.1, 0.15) is 29.2 Å². The van der Waals surface area contributed by atoms with Gasteiger partial charge in [0.15, 0.2) is 0 Å². The molecule has 0 saturated heterocycles. The smallest absolute Gasteiger partial charge is 0.312 e. The Hall–Kier alpha value is -2.34. The monoisotopic (exact) mass is 389 g/mol. The van der Waals surface area contributed by atoms with Crippen LogP contribution in [-0.2, 0) is 4.79 Å². The van der Waals surface area contributed by atoms with Gasteiger partial charge in [-0.2, -0.15) is 0 Å². The number of carbonyl (C=O) groups excluding carboxylic acids is 2.